The van der Waals surface area contributed by atoms with Crippen LogP contribution in [-0.2, 0) is 4.74 Å². The van der Waals surface area contributed by atoms with E-state index in [1.54, 1.807) is 7.05 Å². The van der Waals surface area contributed by atoms with Crippen LogP contribution in [0.25, 0.3) is 11.3 Å². The van der Waals surface area contributed by atoms with E-state index in [0.29, 0.717) is 22.8 Å². The van der Waals surface area contributed by atoms with Gasteiger partial charge >= 0.3 is 0 Å². The van der Waals surface area contributed by atoms with Gasteiger partial charge < -0.3 is 4.74 Å². The lowest BCUT2D eigenvalue weighted by atomic mass is 9.86. The minimum atomic E-state index is 0.193. The van der Waals surface area contributed by atoms with E-state index < -0.39 is 0 Å². The number of hydrogen-bond acceptors (Lipinski definition) is 5. The van der Waals surface area contributed by atoms with Gasteiger partial charge in [0.05, 0.1) is 5.69 Å². The molecular weight excluding hydrogens is 350 g/mol. The monoisotopic (exact) mass is 371 g/mol. The summed E-state index contributed by atoms with van der Waals surface area (Å²) >= 11 is 6.08. The van der Waals surface area contributed by atoms with Crippen LogP contribution in [0.4, 0.5) is 5.82 Å². The van der Waals surface area contributed by atoms with E-state index in [1.165, 1.54) is 32.3 Å². The van der Waals surface area contributed by atoms with E-state index in [1.807, 2.05) is 30.3 Å². The molecule has 136 valence electrons. The molecule has 4 heterocycles. The molecule has 6 nitrogen and oxygen atoms in total. The van der Waals surface area contributed by atoms with Gasteiger partial charge in [-0.2, -0.15) is 0 Å². The molecule has 2 bridgehead atoms. The highest BCUT2D eigenvalue weighted by Gasteiger charge is 2.36. The maximum atomic E-state index is 6.16. The summed E-state index contributed by atoms with van der Waals surface area (Å²) in [6.07, 6.45) is 4.13. The molecule has 7 heteroatoms. The van der Waals surface area contributed by atoms with Crippen LogP contribution in [-0.4, -0.2) is 53.7 Å². The number of nitrogens with one attached hydrogen (secondary N) is 1. The van der Waals surface area contributed by atoms with E-state index in [0.717, 1.165) is 17.8 Å². The first-order valence-electron chi connectivity index (χ1n) is 8.92. The SMILES string of the molecule is CN=C(Nc1cc(-c2cccc(Cl)c2)ncn1)O[C@H]1CN2CCC1CC2. The molecule has 0 radical (unpaired) electrons. The van der Waals surface area contributed by atoms with E-state index in [4.69, 9.17) is 16.3 Å². The first-order chi connectivity index (χ1) is 12.7. The smallest absolute Gasteiger partial charge is 0.290 e. The lowest BCUT2D eigenvalue weighted by Gasteiger charge is -2.44. The Morgan fingerprint density at radius 3 is 2.81 bits per heavy atom. The Kier molecular flexibility index (Phi) is 5.04. The molecule has 3 aliphatic heterocycles. The Morgan fingerprint density at radius 1 is 1.27 bits per heavy atom. The van der Waals surface area contributed by atoms with Crippen LogP contribution in [0.2, 0.25) is 5.02 Å². The number of nitrogens with zero attached hydrogens (tertiary/aromatic N) is 4. The second-order valence-corrected chi connectivity index (χ2v) is 7.18. The highest BCUT2D eigenvalue weighted by molar-refractivity contribution is 6.30. The molecule has 1 atom stereocenters. The second kappa shape index (κ2) is 7.60. The molecule has 0 aliphatic carbocycles. The summed E-state index contributed by atoms with van der Waals surface area (Å²) in [5.41, 5.74) is 1.74. The quantitative estimate of drug-likeness (QED) is 0.662. The summed E-state index contributed by atoms with van der Waals surface area (Å²) in [4.78, 5) is 15.3. The second-order valence-electron chi connectivity index (χ2n) is 6.75. The third kappa shape index (κ3) is 3.81. The summed E-state index contributed by atoms with van der Waals surface area (Å²) in [6.45, 7) is 3.35. The van der Waals surface area contributed by atoms with Gasteiger partial charge in [0.1, 0.15) is 18.2 Å². The van der Waals surface area contributed by atoms with Crippen molar-refractivity contribution in [2.24, 2.45) is 10.9 Å². The molecule has 5 rings (SSSR count). The molecule has 3 saturated heterocycles. The van der Waals surface area contributed by atoms with Crippen molar-refractivity contribution in [2.45, 2.75) is 18.9 Å². The molecule has 3 aliphatic rings. The Bertz CT molecular complexity index is 804. The summed E-state index contributed by atoms with van der Waals surface area (Å²) in [5.74, 6) is 1.27. The zero-order valence-electron chi connectivity index (χ0n) is 14.7. The summed E-state index contributed by atoms with van der Waals surface area (Å²) in [6, 6.07) is 9.97. The van der Waals surface area contributed by atoms with Crippen LogP contribution in [0.1, 0.15) is 12.8 Å². The minimum Gasteiger partial charge on any atom is -0.460 e. The number of halogens is 1. The molecule has 3 fully saturated rings. The van der Waals surface area contributed by atoms with Crippen molar-refractivity contribution in [2.75, 3.05) is 32.0 Å². The number of ether oxygens (including phenoxy) is 1. The van der Waals surface area contributed by atoms with Crippen molar-refractivity contribution in [3.8, 4) is 11.3 Å². The van der Waals surface area contributed by atoms with Crippen LogP contribution in [0.15, 0.2) is 41.7 Å². The number of hydrogen-bond donors (Lipinski definition) is 1. The lowest BCUT2D eigenvalue weighted by Crippen LogP contribution is -2.52. The van der Waals surface area contributed by atoms with Gasteiger partial charge in [0.25, 0.3) is 6.02 Å². The van der Waals surface area contributed by atoms with Gasteiger partial charge in [-0.1, -0.05) is 23.7 Å². The Hall–Kier alpha value is -2.18. The largest absolute Gasteiger partial charge is 0.460 e. The summed E-state index contributed by atoms with van der Waals surface area (Å²) in [5, 5.41) is 3.86. The van der Waals surface area contributed by atoms with Crippen molar-refractivity contribution in [1.82, 2.24) is 14.9 Å². The van der Waals surface area contributed by atoms with E-state index in [2.05, 4.69) is 25.2 Å². The number of anilines is 1. The molecule has 0 spiro atoms. The molecule has 2 aromatic rings. The number of fused-ring (bicyclic) bond motifs is 3. The predicted molar refractivity (Wildman–Crippen MR) is 103 cm³/mol. The van der Waals surface area contributed by atoms with Crippen molar-refractivity contribution in [3.63, 3.8) is 0 Å². The Labute approximate surface area is 158 Å². The minimum absolute atomic E-state index is 0.193. The number of rotatable bonds is 3. The molecule has 0 saturated carbocycles. The lowest BCUT2D eigenvalue weighted by molar-refractivity contribution is -0.0146. The zero-order chi connectivity index (χ0) is 17.9. The average molecular weight is 372 g/mol. The fraction of sp³-hybridized carbons (Fsp3) is 0.421. The van der Waals surface area contributed by atoms with Crippen LogP contribution >= 0.6 is 11.6 Å². The summed E-state index contributed by atoms with van der Waals surface area (Å²) in [7, 11) is 1.72. The zero-order valence-corrected chi connectivity index (χ0v) is 15.5. The number of benzene rings is 1. The average Bonchev–Trinajstić information content (AvgIpc) is 2.69. The van der Waals surface area contributed by atoms with Gasteiger partial charge in [0.2, 0.25) is 0 Å². The van der Waals surface area contributed by atoms with Crippen molar-refractivity contribution in [1.29, 1.82) is 0 Å². The van der Waals surface area contributed by atoms with E-state index in [9.17, 15) is 0 Å². The maximum absolute atomic E-state index is 6.16. The van der Waals surface area contributed by atoms with Crippen LogP contribution in [0.5, 0.6) is 0 Å². The molecule has 0 amide bonds. The van der Waals surface area contributed by atoms with Crippen molar-refractivity contribution >= 4 is 23.4 Å². The third-order valence-electron chi connectivity index (χ3n) is 5.08. The third-order valence-corrected chi connectivity index (χ3v) is 5.32. The summed E-state index contributed by atoms with van der Waals surface area (Å²) < 4.78 is 6.16. The number of piperidine rings is 3. The maximum Gasteiger partial charge on any atom is 0.290 e. The van der Waals surface area contributed by atoms with Crippen LogP contribution in [0.3, 0.4) is 0 Å². The predicted octanol–water partition coefficient (Wildman–Crippen LogP) is 3.31. The highest BCUT2D eigenvalue weighted by atomic mass is 35.5. The first-order valence-corrected chi connectivity index (χ1v) is 9.30. The standard InChI is InChI=1S/C19H22ClN5O/c1-21-19(26-17-11-25-7-5-13(17)6-8-25)24-18-10-16(22-12-23-18)14-3-2-4-15(20)9-14/h2-4,9-10,12-13,17H,5-8,11H2,1H3,(H,21,22,23,24)/t17-/m0/s1. The molecule has 0 unspecified atom stereocenters. The topological polar surface area (TPSA) is 62.6 Å². The fourth-order valence-electron chi connectivity index (χ4n) is 3.67. The van der Waals surface area contributed by atoms with Crippen molar-refractivity contribution < 1.29 is 4.74 Å². The Morgan fingerprint density at radius 2 is 2.12 bits per heavy atom. The van der Waals surface area contributed by atoms with Crippen LogP contribution in [0, 0.1) is 5.92 Å². The molecular formula is C19H22ClN5O. The molecule has 1 aromatic carbocycles. The van der Waals surface area contributed by atoms with Gasteiger partial charge in [0.15, 0.2) is 0 Å². The normalized spacial score (nSPS) is 25.2. The highest BCUT2D eigenvalue weighted by Crippen LogP contribution is 2.30. The van der Waals surface area contributed by atoms with E-state index >= 15 is 0 Å². The van der Waals surface area contributed by atoms with E-state index in [-0.39, 0.29) is 6.10 Å². The molecule has 1 N–H and O–H groups in total. The van der Waals surface area contributed by atoms with Gasteiger partial charge in [-0.05, 0) is 44.0 Å². The van der Waals surface area contributed by atoms with Crippen LogP contribution < -0.4 is 5.32 Å². The number of amidine groups is 1. The Balaban J connectivity index is 1.46. The first kappa shape index (κ1) is 17.2. The van der Waals surface area contributed by atoms with Gasteiger partial charge in [-0.15, -0.1) is 0 Å². The van der Waals surface area contributed by atoms with Gasteiger partial charge in [0, 0.05) is 30.2 Å². The van der Waals surface area contributed by atoms with Gasteiger partial charge in [-0.25, -0.2) is 15.0 Å². The number of aromatic nitrogens is 2. The van der Waals surface area contributed by atoms with Crippen molar-refractivity contribution in [3.05, 3.63) is 41.7 Å². The van der Waals surface area contributed by atoms with Gasteiger partial charge in [-0.3, -0.25) is 10.2 Å². The molecule has 1 aromatic heterocycles. The fourth-order valence-corrected chi connectivity index (χ4v) is 3.86. The molecule has 26 heavy (non-hydrogen) atoms. The number of aliphatic imine (C=N–C) groups is 1.